The van der Waals surface area contributed by atoms with E-state index in [0.29, 0.717) is 17.5 Å². The van der Waals surface area contributed by atoms with E-state index in [4.69, 9.17) is 33.2 Å². The van der Waals surface area contributed by atoms with E-state index in [1.165, 1.54) is 0 Å². The molecule has 0 amide bonds. The maximum absolute atomic E-state index is 6.26. The fourth-order valence-corrected chi connectivity index (χ4v) is 7.26. The molecule has 0 saturated heterocycles. The number of hydrogen-bond donors (Lipinski definition) is 0. The van der Waals surface area contributed by atoms with E-state index in [9.17, 15) is 0 Å². The number of rotatable bonds is 4. The first-order chi connectivity index (χ1) is 25.2. The van der Waals surface area contributed by atoms with Crippen molar-refractivity contribution >= 4 is 65.8 Å². The van der Waals surface area contributed by atoms with Gasteiger partial charge in [-0.2, -0.15) is 0 Å². The molecule has 0 bridgehead atoms. The molecular weight excluding hydrogens is 633 g/mol. The van der Waals surface area contributed by atoms with Crippen molar-refractivity contribution in [3.63, 3.8) is 0 Å². The van der Waals surface area contributed by atoms with E-state index in [2.05, 4.69) is 36.4 Å². The molecular formula is C44H24N4O3. The van der Waals surface area contributed by atoms with Gasteiger partial charge in [0, 0.05) is 60.8 Å². The third kappa shape index (κ3) is 4.31. The second-order valence-electron chi connectivity index (χ2n) is 12.6. The van der Waals surface area contributed by atoms with Crippen molar-refractivity contribution in [2.24, 2.45) is 0 Å². The van der Waals surface area contributed by atoms with E-state index >= 15 is 0 Å². The minimum Gasteiger partial charge on any atom is -0.456 e. The van der Waals surface area contributed by atoms with Crippen molar-refractivity contribution in [1.82, 2.24) is 19.9 Å². The molecule has 0 aliphatic carbocycles. The smallest absolute Gasteiger partial charge is 0.166 e. The van der Waals surface area contributed by atoms with Crippen LogP contribution in [0, 0.1) is 0 Å². The molecule has 238 valence electrons. The van der Waals surface area contributed by atoms with Crippen LogP contribution in [0.1, 0.15) is 0 Å². The average Bonchev–Trinajstić information content (AvgIpc) is 3.88. The predicted octanol–water partition coefficient (Wildman–Crippen LogP) is 11.6. The summed E-state index contributed by atoms with van der Waals surface area (Å²) in [6.07, 6.45) is 1.80. The molecule has 0 aliphatic heterocycles. The molecule has 7 nitrogen and oxygen atoms in total. The van der Waals surface area contributed by atoms with Crippen molar-refractivity contribution in [2.75, 3.05) is 0 Å². The Kier molecular flexibility index (Phi) is 5.83. The fraction of sp³-hybridized carbons (Fsp3) is 0. The molecule has 51 heavy (non-hydrogen) atoms. The van der Waals surface area contributed by atoms with Crippen LogP contribution in [-0.4, -0.2) is 19.9 Å². The van der Waals surface area contributed by atoms with E-state index in [1.54, 1.807) is 6.20 Å². The number of aromatic nitrogens is 4. The number of hydrogen-bond acceptors (Lipinski definition) is 7. The van der Waals surface area contributed by atoms with Crippen molar-refractivity contribution in [2.45, 2.75) is 0 Å². The third-order valence-electron chi connectivity index (χ3n) is 9.62. The highest BCUT2D eigenvalue weighted by molar-refractivity contribution is 6.13. The zero-order valence-corrected chi connectivity index (χ0v) is 26.9. The highest BCUT2D eigenvalue weighted by Gasteiger charge is 2.21. The van der Waals surface area contributed by atoms with Gasteiger partial charge in [-0.1, -0.05) is 78.9 Å². The third-order valence-corrected chi connectivity index (χ3v) is 9.62. The van der Waals surface area contributed by atoms with Gasteiger partial charge in [0.15, 0.2) is 17.5 Å². The molecule has 0 radical (unpaired) electrons. The Morgan fingerprint density at radius 3 is 1.49 bits per heavy atom. The molecule has 0 fully saturated rings. The maximum atomic E-state index is 6.26. The lowest BCUT2D eigenvalue weighted by Crippen LogP contribution is -2.02. The molecule has 11 aromatic rings. The van der Waals surface area contributed by atoms with E-state index in [0.717, 1.165) is 93.8 Å². The zero-order chi connectivity index (χ0) is 33.5. The van der Waals surface area contributed by atoms with Crippen LogP contribution in [0.5, 0.6) is 0 Å². The van der Waals surface area contributed by atoms with Gasteiger partial charge in [0.05, 0.1) is 5.69 Å². The average molecular weight is 657 g/mol. The Bertz CT molecular complexity index is 3040. The fourth-order valence-electron chi connectivity index (χ4n) is 7.26. The van der Waals surface area contributed by atoms with Crippen LogP contribution in [0.25, 0.3) is 111 Å². The lowest BCUT2D eigenvalue weighted by Gasteiger charge is -2.12. The van der Waals surface area contributed by atoms with Gasteiger partial charge in [0.1, 0.15) is 33.5 Å². The van der Waals surface area contributed by atoms with Gasteiger partial charge in [-0.25, -0.2) is 15.0 Å². The number of nitrogens with zero attached hydrogens (tertiary/aromatic N) is 4. The van der Waals surface area contributed by atoms with Gasteiger partial charge in [0.2, 0.25) is 0 Å². The first-order valence-corrected chi connectivity index (χ1v) is 16.7. The highest BCUT2D eigenvalue weighted by atomic mass is 16.3. The summed E-state index contributed by atoms with van der Waals surface area (Å²) in [6.45, 7) is 0. The second kappa shape index (κ2) is 10.7. The van der Waals surface area contributed by atoms with E-state index < -0.39 is 0 Å². The monoisotopic (exact) mass is 656 g/mol. The Hall–Kier alpha value is -7.12. The summed E-state index contributed by atoms with van der Waals surface area (Å²) in [4.78, 5) is 20.2. The Morgan fingerprint density at radius 2 is 0.843 bits per heavy atom. The van der Waals surface area contributed by atoms with Crippen LogP contribution in [0.3, 0.4) is 0 Å². The van der Waals surface area contributed by atoms with Crippen LogP contribution >= 0.6 is 0 Å². The van der Waals surface area contributed by atoms with Crippen LogP contribution in [0.15, 0.2) is 159 Å². The number of para-hydroxylation sites is 3. The topological polar surface area (TPSA) is 91.0 Å². The summed E-state index contributed by atoms with van der Waals surface area (Å²) in [6, 6.07) is 46.4. The molecule has 0 atom stereocenters. The first-order valence-electron chi connectivity index (χ1n) is 16.7. The van der Waals surface area contributed by atoms with Crippen LogP contribution in [0.2, 0.25) is 0 Å². The lowest BCUT2D eigenvalue weighted by molar-refractivity contribution is 0.668. The standard InChI is InChI=1S/C44H24N4O3/c1-4-14-34-27(9-1)29-20-18-25(23-38(29)50-34)42-46-43(26-19-21-30-28-10-2-5-15-35(28)51-39(30)24-26)48-44(47-42)33-13-8-22-45-41(33)32-12-7-17-37-40(32)31-11-3-6-16-36(31)49-37/h1-24H. The largest absolute Gasteiger partial charge is 0.456 e. The number of fused-ring (bicyclic) bond motifs is 9. The van der Waals surface area contributed by atoms with Gasteiger partial charge in [0.25, 0.3) is 0 Å². The summed E-state index contributed by atoms with van der Waals surface area (Å²) in [5.74, 6) is 1.53. The summed E-state index contributed by atoms with van der Waals surface area (Å²) >= 11 is 0. The minimum absolute atomic E-state index is 0.498. The highest BCUT2D eigenvalue weighted by Crippen LogP contribution is 2.40. The molecule has 7 heteroatoms. The molecule has 11 rings (SSSR count). The molecule has 0 N–H and O–H groups in total. The Balaban J connectivity index is 1.15. The molecule has 6 aromatic carbocycles. The van der Waals surface area contributed by atoms with Crippen LogP contribution in [-0.2, 0) is 0 Å². The Labute approximate surface area is 289 Å². The second-order valence-corrected chi connectivity index (χ2v) is 12.6. The van der Waals surface area contributed by atoms with E-state index in [-0.39, 0.29) is 0 Å². The summed E-state index contributed by atoms with van der Waals surface area (Å²) in [7, 11) is 0. The normalized spacial score (nSPS) is 11.9. The molecule has 5 heterocycles. The first kappa shape index (κ1) is 27.8. The zero-order valence-electron chi connectivity index (χ0n) is 26.9. The van der Waals surface area contributed by atoms with Gasteiger partial charge in [-0.05, 0) is 60.7 Å². The van der Waals surface area contributed by atoms with Crippen molar-refractivity contribution < 1.29 is 13.3 Å². The molecule has 0 aliphatic rings. The van der Waals surface area contributed by atoms with Gasteiger partial charge >= 0.3 is 0 Å². The summed E-state index contributed by atoms with van der Waals surface area (Å²) in [5, 5.41) is 6.22. The van der Waals surface area contributed by atoms with Crippen molar-refractivity contribution in [1.29, 1.82) is 0 Å². The number of pyridine rings is 1. The maximum Gasteiger partial charge on any atom is 0.166 e. The van der Waals surface area contributed by atoms with Gasteiger partial charge in [-0.15, -0.1) is 0 Å². The van der Waals surface area contributed by atoms with Crippen molar-refractivity contribution in [3.05, 3.63) is 146 Å². The number of benzene rings is 6. The number of furan rings is 3. The Morgan fingerprint density at radius 1 is 0.353 bits per heavy atom. The minimum atomic E-state index is 0.498. The molecule has 0 unspecified atom stereocenters. The van der Waals surface area contributed by atoms with Gasteiger partial charge < -0.3 is 13.3 Å². The molecule has 5 aromatic heterocycles. The quantitative estimate of drug-likeness (QED) is 0.186. The van der Waals surface area contributed by atoms with Gasteiger partial charge in [-0.3, -0.25) is 4.98 Å². The van der Waals surface area contributed by atoms with Crippen molar-refractivity contribution in [3.8, 4) is 45.4 Å². The summed E-state index contributed by atoms with van der Waals surface area (Å²) in [5.41, 5.74) is 8.89. The summed E-state index contributed by atoms with van der Waals surface area (Å²) < 4.78 is 18.8. The SMILES string of the molecule is c1cnc(-c2cccc3oc4ccccc4c23)c(-c2nc(-c3ccc4c(c3)oc3ccccc34)nc(-c3ccc4c(c3)oc3ccccc34)n2)c1. The lowest BCUT2D eigenvalue weighted by atomic mass is 9.99. The molecule has 0 spiro atoms. The van der Waals surface area contributed by atoms with Crippen LogP contribution < -0.4 is 0 Å². The molecule has 0 saturated carbocycles. The van der Waals surface area contributed by atoms with Crippen LogP contribution in [0.4, 0.5) is 0 Å². The predicted molar refractivity (Wildman–Crippen MR) is 201 cm³/mol. The van der Waals surface area contributed by atoms with E-state index in [1.807, 2.05) is 103 Å².